The molecule has 2 aromatic rings. The van der Waals surface area contributed by atoms with Gasteiger partial charge in [-0.25, -0.2) is 9.18 Å². The van der Waals surface area contributed by atoms with Crippen LogP contribution in [0.3, 0.4) is 0 Å². The van der Waals surface area contributed by atoms with E-state index in [0.717, 1.165) is 5.56 Å². The molecule has 1 heterocycles. The molecule has 0 saturated carbocycles. The number of halogens is 2. The SMILES string of the molecule is O=C(Nc1ccc(Cl)cc1)N1CCOC(c2ccc(F)cc2)C1. The van der Waals surface area contributed by atoms with Gasteiger partial charge in [0.25, 0.3) is 0 Å². The van der Waals surface area contributed by atoms with Crippen LogP contribution < -0.4 is 5.32 Å². The highest BCUT2D eigenvalue weighted by Crippen LogP contribution is 2.23. The Bertz CT molecular complexity index is 676. The maximum Gasteiger partial charge on any atom is 0.322 e. The Labute approximate surface area is 138 Å². The van der Waals surface area contributed by atoms with Crippen LogP contribution in [0.4, 0.5) is 14.9 Å². The molecule has 120 valence electrons. The van der Waals surface area contributed by atoms with Gasteiger partial charge < -0.3 is 15.0 Å². The van der Waals surface area contributed by atoms with Crippen LogP contribution in [0.25, 0.3) is 0 Å². The number of carbonyl (C=O) groups excluding carboxylic acids is 1. The molecule has 0 radical (unpaired) electrons. The van der Waals surface area contributed by atoms with Crippen LogP contribution in [0.2, 0.25) is 5.02 Å². The summed E-state index contributed by atoms with van der Waals surface area (Å²) in [5.41, 5.74) is 1.54. The van der Waals surface area contributed by atoms with E-state index in [4.69, 9.17) is 16.3 Å². The largest absolute Gasteiger partial charge is 0.370 e. The number of hydrogen-bond acceptors (Lipinski definition) is 2. The average molecular weight is 335 g/mol. The molecule has 1 aliphatic heterocycles. The van der Waals surface area contributed by atoms with E-state index in [1.807, 2.05) is 0 Å². The predicted molar refractivity (Wildman–Crippen MR) is 87.1 cm³/mol. The summed E-state index contributed by atoms with van der Waals surface area (Å²) in [5, 5.41) is 3.45. The first kappa shape index (κ1) is 15.8. The molecule has 1 aliphatic rings. The first-order valence-corrected chi connectivity index (χ1v) is 7.68. The summed E-state index contributed by atoms with van der Waals surface area (Å²) in [6, 6.07) is 12.9. The van der Waals surface area contributed by atoms with Crippen molar-refractivity contribution in [3.8, 4) is 0 Å². The molecule has 2 amide bonds. The predicted octanol–water partition coefficient (Wildman–Crippen LogP) is 4.08. The van der Waals surface area contributed by atoms with Crippen LogP contribution >= 0.6 is 11.6 Å². The van der Waals surface area contributed by atoms with Gasteiger partial charge in [0.15, 0.2) is 0 Å². The van der Waals surface area contributed by atoms with Crippen LogP contribution in [0.1, 0.15) is 11.7 Å². The zero-order valence-corrected chi connectivity index (χ0v) is 13.1. The standard InChI is InChI=1S/C17H16ClFN2O2/c18-13-3-7-15(8-4-13)20-17(22)21-9-10-23-16(11-21)12-1-5-14(19)6-2-12/h1-8,16H,9-11H2,(H,20,22). The minimum absolute atomic E-state index is 0.192. The van der Waals surface area contributed by atoms with Gasteiger partial charge >= 0.3 is 6.03 Å². The molecule has 1 fully saturated rings. The molecule has 1 saturated heterocycles. The van der Waals surface area contributed by atoms with E-state index < -0.39 is 0 Å². The van der Waals surface area contributed by atoms with Gasteiger partial charge in [-0.15, -0.1) is 0 Å². The molecular formula is C17H16ClFN2O2. The molecule has 23 heavy (non-hydrogen) atoms. The molecule has 6 heteroatoms. The highest BCUT2D eigenvalue weighted by Gasteiger charge is 2.25. The molecule has 3 rings (SSSR count). The number of rotatable bonds is 2. The highest BCUT2D eigenvalue weighted by molar-refractivity contribution is 6.30. The van der Waals surface area contributed by atoms with E-state index in [1.165, 1.54) is 12.1 Å². The molecule has 1 unspecified atom stereocenters. The van der Waals surface area contributed by atoms with Gasteiger partial charge in [0.05, 0.1) is 13.2 Å². The smallest absolute Gasteiger partial charge is 0.322 e. The minimum Gasteiger partial charge on any atom is -0.370 e. The number of hydrogen-bond donors (Lipinski definition) is 1. The maximum absolute atomic E-state index is 13.0. The maximum atomic E-state index is 13.0. The van der Waals surface area contributed by atoms with Crippen molar-refractivity contribution >= 4 is 23.3 Å². The summed E-state index contributed by atoms with van der Waals surface area (Å²) in [5.74, 6) is -0.290. The third kappa shape index (κ3) is 4.00. The van der Waals surface area contributed by atoms with Crippen molar-refractivity contribution in [3.05, 3.63) is 64.9 Å². The quantitative estimate of drug-likeness (QED) is 0.899. The van der Waals surface area contributed by atoms with Crippen molar-refractivity contribution < 1.29 is 13.9 Å². The minimum atomic E-state index is -0.290. The molecule has 0 aromatic heterocycles. The van der Waals surface area contributed by atoms with E-state index in [9.17, 15) is 9.18 Å². The molecule has 4 nitrogen and oxygen atoms in total. The second kappa shape index (κ2) is 6.98. The summed E-state index contributed by atoms with van der Waals surface area (Å²) in [6.07, 6.45) is -0.250. The average Bonchev–Trinajstić information content (AvgIpc) is 2.58. The Morgan fingerprint density at radius 3 is 2.57 bits per heavy atom. The Hall–Kier alpha value is -2.11. The summed E-state index contributed by atoms with van der Waals surface area (Å²) in [7, 11) is 0. The monoisotopic (exact) mass is 334 g/mol. The van der Waals surface area contributed by atoms with E-state index in [-0.39, 0.29) is 18.0 Å². The fourth-order valence-electron chi connectivity index (χ4n) is 2.45. The van der Waals surface area contributed by atoms with E-state index in [1.54, 1.807) is 41.3 Å². The van der Waals surface area contributed by atoms with Crippen molar-refractivity contribution in [1.82, 2.24) is 4.90 Å². The first-order valence-electron chi connectivity index (χ1n) is 7.30. The highest BCUT2D eigenvalue weighted by atomic mass is 35.5. The lowest BCUT2D eigenvalue weighted by atomic mass is 10.1. The fourth-order valence-corrected chi connectivity index (χ4v) is 2.57. The lowest BCUT2D eigenvalue weighted by Gasteiger charge is -2.33. The molecule has 2 aromatic carbocycles. The van der Waals surface area contributed by atoms with Crippen molar-refractivity contribution in [2.45, 2.75) is 6.10 Å². The third-order valence-corrected chi connectivity index (χ3v) is 3.94. The summed E-state index contributed by atoms with van der Waals surface area (Å²) >= 11 is 5.83. The van der Waals surface area contributed by atoms with Crippen molar-refractivity contribution in [3.63, 3.8) is 0 Å². The van der Waals surface area contributed by atoms with Gasteiger partial charge in [-0.05, 0) is 42.0 Å². The lowest BCUT2D eigenvalue weighted by Crippen LogP contribution is -2.44. The number of carbonyl (C=O) groups is 1. The Morgan fingerprint density at radius 2 is 1.87 bits per heavy atom. The van der Waals surface area contributed by atoms with Crippen LogP contribution in [0.5, 0.6) is 0 Å². The number of nitrogens with zero attached hydrogens (tertiary/aromatic N) is 1. The molecule has 1 atom stereocenters. The van der Waals surface area contributed by atoms with Crippen molar-refractivity contribution in [2.24, 2.45) is 0 Å². The first-order chi connectivity index (χ1) is 11.1. The Balaban J connectivity index is 1.64. The van der Waals surface area contributed by atoms with Gasteiger partial charge in [-0.2, -0.15) is 0 Å². The van der Waals surface area contributed by atoms with Crippen molar-refractivity contribution in [1.29, 1.82) is 0 Å². The third-order valence-electron chi connectivity index (χ3n) is 3.69. The molecule has 1 N–H and O–H groups in total. The second-order valence-electron chi connectivity index (χ2n) is 5.29. The summed E-state index contributed by atoms with van der Waals surface area (Å²) in [6.45, 7) is 1.37. The Morgan fingerprint density at radius 1 is 1.17 bits per heavy atom. The summed E-state index contributed by atoms with van der Waals surface area (Å²) < 4.78 is 18.7. The Kier molecular flexibility index (Phi) is 4.79. The van der Waals surface area contributed by atoms with E-state index >= 15 is 0 Å². The molecular weight excluding hydrogens is 319 g/mol. The van der Waals surface area contributed by atoms with Crippen LogP contribution in [0, 0.1) is 5.82 Å². The van der Waals surface area contributed by atoms with E-state index in [0.29, 0.717) is 30.4 Å². The fraction of sp³-hybridized carbons (Fsp3) is 0.235. The normalized spacial score (nSPS) is 17.8. The second-order valence-corrected chi connectivity index (χ2v) is 5.73. The van der Waals surface area contributed by atoms with Gasteiger partial charge in [0, 0.05) is 17.3 Å². The van der Waals surface area contributed by atoms with Crippen molar-refractivity contribution in [2.75, 3.05) is 25.0 Å². The zero-order chi connectivity index (χ0) is 16.2. The lowest BCUT2D eigenvalue weighted by molar-refractivity contribution is -0.0135. The number of anilines is 1. The molecule has 0 bridgehead atoms. The van der Waals surface area contributed by atoms with Gasteiger partial charge in [0.2, 0.25) is 0 Å². The zero-order valence-electron chi connectivity index (χ0n) is 12.3. The number of benzene rings is 2. The van der Waals surface area contributed by atoms with Gasteiger partial charge in [0.1, 0.15) is 11.9 Å². The van der Waals surface area contributed by atoms with Gasteiger partial charge in [-0.3, -0.25) is 0 Å². The topological polar surface area (TPSA) is 41.6 Å². The van der Waals surface area contributed by atoms with E-state index in [2.05, 4.69) is 5.32 Å². The number of nitrogens with one attached hydrogen (secondary N) is 1. The van der Waals surface area contributed by atoms with Gasteiger partial charge in [-0.1, -0.05) is 23.7 Å². The number of morpholine rings is 1. The number of urea groups is 1. The number of ether oxygens (including phenoxy) is 1. The van der Waals surface area contributed by atoms with Crippen LogP contribution in [0.15, 0.2) is 48.5 Å². The molecule has 0 spiro atoms. The summed E-state index contributed by atoms with van der Waals surface area (Å²) in [4.78, 5) is 14.0. The van der Waals surface area contributed by atoms with Crippen LogP contribution in [-0.4, -0.2) is 30.6 Å². The number of amides is 2. The van der Waals surface area contributed by atoms with Crippen LogP contribution in [-0.2, 0) is 4.74 Å². The molecule has 0 aliphatic carbocycles.